The molecule has 1 unspecified atom stereocenters. The molecule has 1 atom stereocenters. The molecule has 60 valence electrons. The Kier molecular flexibility index (Phi) is 7.67. The van der Waals surface area contributed by atoms with E-state index in [0.29, 0.717) is 0 Å². The minimum Gasteiger partial charge on any atom is -0.357 e. The van der Waals surface area contributed by atoms with Gasteiger partial charge in [0.15, 0.2) is 0 Å². The molecule has 0 amide bonds. The maximum atomic E-state index is 5.73. The van der Waals surface area contributed by atoms with Crippen molar-refractivity contribution < 1.29 is 4.74 Å². The van der Waals surface area contributed by atoms with Crippen molar-refractivity contribution in [2.45, 2.75) is 45.3 Å². The molecule has 3 heteroatoms. The van der Waals surface area contributed by atoms with Gasteiger partial charge in [-0.3, -0.25) is 0 Å². The van der Waals surface area contributed by atoms with Crippen LogP contribution in [-0.4, -0.2) is 34.2 Å². The third-order valence-corrected chi connectivity index (χ3v) is 1.20. The third kappa shape index (κ3) is 9.02. The highest BCUT2D eigenvalue weighted by Gasteiger charge is 2.14. The lowest BCUT2D eigenvalue weighted by atomic mass is 10.2. The lowest BCUT2D eigenvalue weighted by molar-refractivity contribution is -0.0235. The van der Waals surface area contributed by atoms with Crippen molar-refractivity contribution >= 4 is 34.7 Å². The van der Waals surface area contributed by atoms with Crippen LogP contribution in [0.15, 0.2) is 0 Å². The van der Waals surface area contributed by atoms with Crippen LogP contribution in [0, 0.1) is 0 Å². The van der Waals surface area contributed by atoms with Crippen LogP contribution in [0.5, 0.6) is 0 Å². The summed E-state index contributed by atoms with van der Waals surface area (Å²) >= 11 is 5.73. The van der Waals surface area contributed by atoms with Gasteiger partial charge in [-0.1, -0.05) is 18.5 Å². The maximum absolute atomic E-state index is 5.73. The van der Waals surface area contributed by atoms with Gasteiger partial charge in [-0.05, 0) is 27.2 Å². The number of hydrogen-bond donors (Lipinski definition) is 0. The zero-order valence-electron chi connectivity index (χ0n) is 6.57. The smallest absolute Gasteiger partial charge is 0.316 e. The molecule has 0 rings (SSSR count). The summed E-state index contributed by atoms with van der Waals surface area (Å²) in [6.07, 6.45) is 0.860. The lowest BCUT2D eigenvalue weighted by Gasteiger charge is -2.22. The van der Waals surface area contributed by atoms with Gasteiger partial charge in [0.1, 0.15) is 5.56 Å². The Hall–Kier alpha value is 1.02. The SMILES string of the molecule is CCC(Cl)OC(C)(C)C.[MgH2]. The van der Waals surface area contributed by atoms with E-state index in [1.54, 1.807) is 0 Å². The molecule has 0 aliphatic rings. The van der Waals surface area contributed by atoms with Crippen molar-refractivity contribution in [1.29, 1.82) is 0 Å². The molecule has 0 spiro atoms. The van der Waals surface area contributed by atoms with E-state index in [-0.39, 0.29) is 34.2 Å². The summed E-state index contributed by atoms with van der Waals surface area (Å²) in [6, 6.07) is 0. The van der Waals surface area contributed by atoms with Crippen LogP contribution in [0.1, 0.15) is 34.1 Å². The molecule has 0 N–H and O–H groups in total. The average molecular weight is 177 g/mol. The summed E-state index contributed by atoms with van der Waals surface area (Å²) in [5.74, 6) is 0. The average Bonchev–Trinajstić information content (AvgIpc) is 1.62. The topological polar surface area (TPSA) is 9.23 Å². The highest BCUT2D eigenvalue weighted by atomic mass is 35.5. The molecule has 0 aliphatic carbocycles. The van der Waals surface area contributed by atoms with Gasteiger partial charge in [0.05, 0.1) is 5.60 Å². The van der Waals surface area contributed by atoms with Gasteiger partial charge in [-0.15, -0.1) is 0 Å². The quantitative estimate of drug-likeness (QED) is 0.462. The summed E-state index contributed by atoms with van der Waals surface area (Å²) in [7, 11) is 0. The Morgan fingerprint density at radius 2 is 1.80 bits per heavy atom. The van der Waals surface area contributed by atoms with E-state index in [9.17, 15) is 0 Å². The van der Waals surface area contributed by atoms with Crippen LogP contribution in [0.4, 0.5) is 0 Å². The number of hydrogen-bond acceptors (Lipinski definition) is 1. The second kappa shape index (κ2) is 5.64. The first kappa shape index (κ1) is 13.6. The first-order valence-corrected chi connectivity index (χ1v) is 3.71. The van der Waals surface area contributed by atoms with Crippen LogP contribution in [-0.2, 0) is 4.74 Å². The van der Waals surface area contributed by atoms with Gasteiger partial charge in [-0.25, -0.2) is 0 Å². The summed E-state index contributed by atoms with van der Waals surface area (Å²) in [5, 5.41) is 0. The van der Waals surface area contributed by atoms with E-state index in [4.69, 9.17) is 16.3 Å². The van der Waals surface area contributed by atoms with E-state index < -0.39 is 0 Å². The number of alkyl halides is 1. The number of ether oxygens (including phenoxy) is 1. The van der Waals surface area contributed by atoms with E-state index in [2.05, 4.69) is 0 Å². The first-order chi connectivity index (χ1) is 3.95. The highest BCUT2D eigenvalue weighted by Crippen LogP contribution is 2.14. The van der Waals surface area contributed by atoms with E-state index in [1.165, 1.54) is 0 Å². The molecule has 0 fully saturated rings. The van der Waals surface area contributed by atoms with Gasteiger partial charge in [0.2, 0.25) is 0 Å². The summed E-state index contributed by atoms with van der Waals surface area (Å²) in [4.78, 5) is 0. The Morgan fingerprint density at radius 3 is 1.90 bits per heavy atom. The predicted octanol–water partition coefficient (Wildman–Crippen LogP) is 1.86. The van der Waals surface area contributed by atoms with Gasteiger partial charge >= 0.3 is 23.1 Å². The van der Waals surface area contributed by atoms with E-state index in [1.807, 2.05) is 27.7 Å². The molecule has 0 aromatic heterocycles. The largest absolute Gasteiger partial charge is 0.357 e. The Morgan fingerprint density at radius 1 is 1.40 bits per heavy atom. The molecular formula is C7H17ClMgO. The van der Waals surface area contributed by atoms with Crippen LogP contribution in [0.3, 0.4) is 0 Å². The summed E-state index contributed by atoms with van der Waals surface area (Å²) in [6.45, 7) is 8.00. The highest BCUT2D eigenvalue weighted by molar-refractivity contribution is 6.19. The van der Waals surface area contributed by atoms with Crippen molar-refractivity contribution in [1.82, 2.24) is 0 Å². The van der Waals surface area contributed by atoms with Crippen molar-refractivity contribution in [3.05, 3.63) is 0 Å². The molecule has 0 saturated heterocycles. The van der Waals surface area contributed by atoms with Crippen LogP contribution < -0.4 is 0 Å². The van der Waals surface area contributed by atoms with Gasteiger partial charge in [-0.2, -0.15) is 0 Å². The zero-order valence-corrected chi connectivity index (χ0v) is 7.33. The molecule has 0 radical (unpaired) electrons. The van der Waals surface area contributed by atoms with Gasteiger partial charge < -0.3 is 4.74 Å². The second-order valence-corrected chi connectivity index (χ2v) is 3.54. The molecule has 0 aliphatic heterocycles. The molecular weight excluding hydrogens is 160 g/mol. The summed E-state index contributed by atoms with van der Waals surface area (Å²) < 4.78 is 5.35. The van der Waals surface area contributed by atoms with Crippen LogP contribution in [0.25, 0.3) is 0 Å². The monoisotopic (exact) mass is 176 g/mol. The van der Waals surface area contributed by atoms with Crippen LogP contribution >= 0.6 is 11.6 Å². The number of halogens is 1. The van der Waals surface area contributed by atoms with Crippen molar-refractivity contribution in [2.75, 3.05) is 0 Å². The van der Waals surface area contributed by atoms with Gasteiger partial charge in [0.25, 0.3) is 0 Å². The molecule has 0 aromatic rings. The Balaban J connectivity index is 0. The van der Waals surface area contributed by atoms with Crippen molar-refractivity contribution in [3.63, 3.8) is 0 Å². The zero-order chi connectivity index (χ0) is 7.49. The van der Waals surface area contributed by atoms with Crippen LogP contribution in [0.2, 0.25) is 0 Å². The second-order valence-electron chi connectivity index (χ2n) is 3.05. The minimum atomic E-state index is -0.134. The fourth-order valence-electron chi connectivity index (χ4n) is 0.467. The number of rotatable bonds is 2. The molecule has 0 bridgehead atoms. The fourth-order valence-corrected chi connectivity index (χ4v) is 0.734. The predicted molar refractivity (Wildman–Crippen MR) is 49.3 cm³/mol. The molecule has 0 aromatic carbocycles. The summed E-state index contributed by atoms with van der Waals surface area (Å²) in [5.41, 5.74) is -0.243. The standard InChI is InChI=1S/C7H15ClO.Mg.2H/c1-5-6(8)9-7(2,3)4;;;/h6H,5H2,1-4H3;;;. The minimum absolute atomic E-state index is 0. The third-order valence-electron chi connectivity index (χ3n) is 0.802. The molecule has 0 saturated carbocycles. The van der Waals surface area contributed by atoms with E-state index >= 15 is 0 Å². The molecule has 1 nitrogen and oxygen atoms in total. The maximum Gasteiger partial charge on any atom is 0.316 e. The van der Waals surface area contributed by atoms with Crippen molar-refractivity contribution in [3.8, 4) is 0 Å². The Bertz CT molecular complexity index is 80.2. The van der Waals surface area contributed by atoms with E-state index in [0.717, 1.165) is 6.42 Å². The normalized spacial score (nSPS) is 14.1. The fraction of sp³-hybridized carbons (Fsp3) is 1.00. The first-order valence-electron chi connectivity index (χ1n) is 3.27. The Labute approximate surface area is 84.6 Å². The van der Waals surface area contributed by atoms with Crippen molar-refractivity contribution in [2.24, 2.45) is 0 Å². The molecule has 0 heterocycles. The molecule has 10 heavy (non-hydrogen) atoms. The lowest BCUT2D eigenvalue weighted by Crippen LogP contribution is -2.23. The van der Waals surface area contributed by atoms with Gasteiger partial charge in [0, 0.05) is 0 Å².